The number of ether oxygens (including phenoxy) is 1. The molecule has 0 aliphatic carbocycles. The van der Waals surface area contributed by atoms with Crippen LogP contribution in [0.4, 0.5) is 0 Å². The van der Waals surface area contributed by atoms with Crippen LogP contribution in [0.1, 0.15) is 17.5 Å². The Bertz CT molecular complexity index is 331. The predicted octanol–water partition coefficient (Wildman–Crippen LogP) is 1.81. The molecule has 0 amide bonds. The van der Waals surface area contributed by atoms with E-state index in [1.165, 1.54) is 7.11 Å². The highest BCUT2D eigenvalue weighted by atomic mass is 16.5. The molecule has 0 atom stereocenters. The lowest BCUT2D eigenvalue weighted by molar-refractivity contribution is -0.140. The van der Waals surface area contributed by atoms with Crippen LogP contribution >= 0.6 is 0 Å². The van der Waals surface area contributed by atoms with E-state index in [0.29, 0.717) is 12.8 Å². The molecule has 0 heterocycles. The van der Waals surface area contributed by atoms with Gasteiger partial charge < -0.3 is 9.84 Å². The van der Waals surface area contributed by atoms with E-state index in [0.717, 1.165) is 11.1 Å². The number of benzene rings is 1. The fourth-order valence-corrected chi connectivity index (χ4v) is 1.26. The maximum absolute atomic E-state index is 10.9. The molecule has 0 aliphatic rings. The summed E-state index contributed by atoms with van der Waals surface area (Å²) in [5.41, 5.74) is 1.61. The Morgan fingerprint density at radius 1 is 1.50 bits per heavy atom. The van der Waals surface area contributed by atoms with Crippen LogP contribution in [-0.4, -0.2) is 18.2 Å². The molecule has 0 unspecified atom stereocenters. The Balaban J connectivity index is 2.68. The summed E-state index contributed by atoms with van der Waals surface area (Å²) < 4.78 is 4.52. The minimum Gasteiger partial charge on any atom is -0.507 e. The first-order valence-corrected chi connectivity index (χ1v) is 4.49. The average molecular weight is 194 g/mol. The molecule has 0 aromatic heterocycles. The lowest BCUT2D eigenvalue weighted by atomic mass is 10.1. The Labute approximate surface area is 83.3 Å². The summed E-state index contributed by atoms with van der Waals surface area (Å²) in [6.07, 6.45) is 0.813. The van der Waals surface area contributed by atoms with Gasteiger partial charge in [-0.2, -0.15) is 0 Å². The van der Waals surface area contributed by atoms with Gasteiger partial charge in [-0.15, -0.1) is 0 Å². The van der Waals surface area contributed by atoms with Gasteiger partial charge in [-0.3, -0.25) is 4.79 Å². The number of phenols is 1. The molecule has 0 radical (unpaired) electrons. The molecule has 0 saturated heterocycles. The van der Waals surface area contributed by atoms with Crippen LogP contribution in [0.15, 0.2) is 18.2 Å². The maximum Gasteiger partial charge on any atom is 0.305 e. The number of aromatic hydroxyl groups is 1. The summed E-state index contributed by atoms with van der Waals surface area (Å²) >= 11 is 0. The van der Waals surface area contributed by atoms with E-state index in [1.54, 1.807) is 0 Å². The van der Waals surface area contributed by atoms with E-state index in [4.69, 9.17) is 0 Å². The average Bonchev–Trinajstić information content (AvgIpc) is 2.20. The van der Waals surface area contributed by atoms with Crippen LogP contribution in [0, 0.1) is 6.92 Å². The molecule has 76 valence electrons. The monoisotopic (exact) mass is 194 g/mol. The summed E-state index contributed by atoms with van der Waals surface area (Å²) in [6, 6.07) is 5.50. The summed E-state index contributed by atoms with van der Waals surface area (Å²) in [5, 5.41) is 9.63. The Kier molecular flexibility index (Phi) is 3.51. The maximum atomic E-state index is 10.9. The number of hydrogen-bond donors (Lipinski definition) is 1. The second-order valence-electron chi connectivity index (χ2n) is 3.16. The van der Waals surface area contributed by atoms with Gasteiger partial charge in [0, 0.05) is 6.42 Å². The molecule has 0 spiro atoms. The zero-order valence-corrected chi connectivity index (χ0v) is 8.41. The zero-order chi connectivity index (χ0) is 10.6. The summed E-state index contributed by atoms with van der Waals surface area (Å²) in [4.78, 5) is 10.9. The molecule has 1 aromatic carbocycles. The van der Waals surface area contributed by atoms with Crippen molar-refractivity contribution < 1.29 is 14.6 Å². The molecule has 3 nitrogen and oxygen atoms in total. The number of hydrogen-bond acceptors (Lipinski definition) is 3. The van der Waals surface area contributed by atoms with Gasteiger partial charge in [0.05, 0.1) is 7.11 Å². The molecule has 1 rings (SSSR count). The smallest absolute Gasteiger partial charge is 0.305 e. The molecular formula is C11H14O3. The molecule has 1 N–H and O–H groups in total. The highest BCUT2D eigenvalue weighted by molar-refractivity contribution is 5.69. The predicted molar refractivity (Wildman–Crippen MR) is 53.2 cm³/mol. The first-order valence-electron chi connectivity index (χ1n) is 4.49. The van der Waals surface area contributed by atoms with Crippen LogP contribution in [-0.2, 0) is 16.0 Å². The lowest BCUT2D eigenvalue weighted by Gasteiger charge is -2.05. The quantitative estimate of drug-likeness (QED) is 0.746. The third kappa shape index (κ3) is 2.49. The van der Waals surface area contributed by atoms with Crippen molar-refractivity contribution >= 4 is 5.97 Å². The minimum absolute atomic E-state index is 0.258. The second kappa shape index (κ2) is 4.65. The number of rotatable bonds is 3. The van der Waals surface area contributed by atoms with Gasteiger partial charge in [0.15, 0.2) is 0 Å². The summed E-state index contributed by atoms with van der Waals surface area (Å²) in [7, 11) is 1.36. The highest BCUT2D eigenvalue weighted by Gasteiger charge is 2.06. The molecule has 1 aromatic rings. The standard InChI is InChI=1S/C11H14O3/c1-8-4-3-5-9(11(8)13)6-7-10(12)14-2/h3-5,13H,6-7H2,1-2H3. The summed E-state index contributed by atoms with van der Waals surface area (Å²) in [5.74, 6) is 0.0160. The van der Waals surface area contributed by atoms with Crippen LogP contribution in [0.3, 0.4) is 0 Å². The Morgan fingerprint density at radius 2 is 2.21 bits per heavy atom. The van der Waals surface area contributed by atoms with Crippen molar-refractivity contribution in [1.29, 1.82) is 0 Å². The first kappa shape index (κ1) is 10.6. The van der Waals surface area contributed by atoms with Gasteiger partial charge in [0.2, 0.25) is 0 Å². The van der Waals surface area contributed by atoms with Gasteiger partial charge >= 0.3 is 5.97 Å². The van der Waals surface area contributed by atoms with Crippen molar-refractivity contribution in [1.82, 2.24) is 0 Å². The third-order valence-corrected chi connectivity index (χ3v) is 2.15. The second-order valence-corrected chi connectivity index (χ2v) is 3.16. The number of para-hydroxylation sites is 1. The van der Waals surface area contributed by atoms with Crippen LogP contribution in [0.5, 0.6) is 5.75 Å². The number of aryl methyl sites for hydroxylation is 2. The third-order valence-electron chi connectivity index (χ3n) is 2.15. The van der Waals surface area contributed by atoms with Crippen LogP contribution in [0.2, 0.25) is 0 Å². The van der Waals surface area contributed by atoms with Crippen molar-refractivity contribution in [3.05, 3.63) is 29.3 Å². The number of carbonyl (C=O) groups excluding carboxylic acids is 1. The van der Waals surface area contributed by atoms with Crippen LogP contribution in [0.25, 0.3) is 0 Å². The Morgan fingerprint density at radius 3 is 2.86 bits per heavy atom. The van der Waals surface area contributed by atoms with E-state index < -0.39 is 0 Å². The van der Waals surface area contributed by atoms with Crippen molar-refractivity contribution in [2.24, 2.45) is 0 Å². The number of carbonyl (C=O) groups is 1. The molecule has 0 fully saturated rings. The fourth-order valence-electron chi connectivity index (χ4n) is 1.26. The number of esters is 1. The van der Waals surface area contributed by atoms with E-state index in [-0.39, 0.29) is 11.7 Å². The molecule has 0 bridgehead atoms. The fraction of sp³-hybridized carbons (Fsp3) is 0.364. The van der Waals surface area contributed by atoms with E-state index >= 15 is 0 Å². The highest BCUT2D eigenvalue weighted by Crippen LogP contribution is 2.22. The topological polar surface area (TPSA) is 46.5 Å². The van der Waals surface area contributed by atoms with Crippen molar-refractivity contribution in [3.63, 3.8) is 0 Å². The number of phenolic OH excluding ortho intramolecular Hbond substituents is 1. The molecular weight excluding hydrogens is 180 g/mol. The largest absolute Gasteiger partial charge is 0.507 e. The molecule has 14 heavy (non-hydrogen) atoms. The van der Waals surface area contributed by atoms with Gasteiger partial charge in [-0.05, 0) is 24.5 Å². The molecule has 0 saturated carbocycles. The Hall–Kier alpha value is -1.51. The minimum atomic E-state index is -0.258. The zero-order valence-electron chi connectivity index (χ0n) is 8.41. The van der Waals surface area contributed by atoms with Crippen molar-refractivity contribution in [2.45, 2.75) is 19.8 Å². The lowest BCUT2D eigenvalue weighted by Crippen LogP contribution is -2.02. The molecule has 0 aliphatic heterocycles. The molecule has 3 heteroatoms. The van der Waals surface area contributed by atoms with Gasteiger partial charge in [0.1, 0.15) is 5.75 Å². The normalized spacial score (nSPS) is 9.86. The van der Waals surface area contributed by atoms with Crippen molar-refractivity contribution in [2.75, 3.05) is 7.11 Å². The van der Waals surface area contributed by atoms with Crippen LogP contribution < -0.4 is 0 Å². The van der Waals surface area contributed by atoms with Gasteiger partial charge in [0.25, 0.3) is 0 Å². The van der Waals surface area contributed by atoms with Gasteiger partial charge in [-0.1, -0.05) is 18.2 Å². The van der Waals surface area contributed by atoms with Gasteiger partial charge in [-0.25, -0.2) is 0 Å². The number of methoxy groups -OCH3 is 1. The summed E-state index contributed by atoms with van der Waals surface area (Å²) in [6.45, 7) is 1.83. The van der Waals surface area contributed by atoms with E-state index in [9.17, 15) is 9.90 Å². The van der Waals surface area contributed by atoms with E-state index in [2.05, 4.69) is 4.74 Å². The van der Waals surface area contributed by atoms with Crippen molar-refractivity contribution in [3.8, 4) is 5.75 Å². The first-order chi connectivity index (χ1) is 6.65. The SMILES string of the molecule is COC(=O)CCc1cccc(C)c1O. The van der Waals surface area contributed by atoms with E-state index in [1.807, 2.05) is 25.1 Å².